The number of morpholine rings is 1. The molecule has 2 aliphatic heterocycles. The molecule has 0 aliphatic carbocycles. The van der Waals surface area contributed by atoms with Gasteiger partial charge in [-0.15, -0.1) is 11.8 Å². The van der Waals surface area contributed by atoms with Gasteiger partial charge in [0, 0.05) is 24.5 Å². The minimum atomic E-state index is -0.0712. The number of nitrogens with zero attached hydrogens (tertiary/aromatic N) is 1. The van der Waals surface area contributed by atoms with Crippen molar-refractivity contribution < 1.29 is 19.0 Å². The topological polar surface area (TPSA) is 60.0 Å². The average molecular weight is 429 g/mol. The molecule has 0 saturated carbocycles. The molecule has 30 heavy (non-hydrogen) atoms. The number of amides is 1. The van der Waals surface area contributed by atoms with E-state index in [2.05, 4.69) is 22.3 Å². The highest BCUT2D eigenvalue weighted by Crippen LogP contribution is 2.37. The van der Waals surface area contributed by atoms with E-state index in [0.717, 1.165) is 25.1 Å². The van der Waals surface area contributed by atoms with Gasteiger partial charge in [-0.3, -0.25) is 9.69 Å². The first kappa shape index (κ1) is 21.0. The van der Waals surface area contributed by atoms with Gasteiger partial charge in [-0.05, 0) is 35.7 Å². The molecule has 0 radical (unpaired) electrons. The number of ether oxygens (including phenoxy) is 3. The standard InChI is InChI=1S/C23H28N2O4S/c1-27-19-8-7-16(13-20(19)28-2)18(25-9-11-29-12-10-25)15-24-23(26)22-14-17-5-3-4-6-21(17)30-22/h3-8,13,18,22H,9-12,14-15H2,1-2H3,(H,24,26). The zero-order valence-corrected chi connectivity index (χ0v) is 18.2. The van der Waals surface area contributed by atoms with Crippen molar-refractivity contribution in [1.82, 2.24) is 10.2 Å². The first-order valence-electron chi connectivity index (χ1n) is 10.3. The highest BCUT2D eigenvalue weighted by molar-refractivity contribution is 8.01. The largest absolute Gasteiger partial charge is 0.493 e. The van der Waals surface area contributed by atoms with Gasteiger partial charge in [-0.25, -0.2) is 0 Å². The van der Waals surface area contributed by atoms with E-state index in [-0.39, 0.29) is 17.2 Å². The van der Waals surface area contributed by atoms with Crippen LogP contribution in [0.15, 0.2) is 47.4 Å². The maximum atomic E-state index is 12.9. The van der Waals surface area contributed by atoms with Gasteiger partial charge in [-0.1, -0.05) is 24.3 Å². The molecule has 0 spiro atoms. The van der Waals surface area contributed by atoms with Crippen molar-refractivity contribution in [2.75, 3.05) is 47.1 Å². The van der Waals surface area contributed by atoms with Crippen LogP contribution in [0.1, 0.15) is 17.2 Å². The molecule has 0 bridgehead atoms. The molecule has 1 amide bonds. The van der Waals surface area contributed by atoms with Crippen LogP contribution in [0.3, 0.4) is 0 Å². The molecule has 7 heteroatoms. The summed E-state index contributed by atoms with van der Waals surface area (Å²) in [6, 6.07) is 14.3. The number of fused-ring (bicyclic) bond motifs is 1. The Kier molecular flexibility index (Phi) is 6.82. The molecule has 0 aromatic heterocycles. The number of hydrogen-bond acceptors (Lipinski definition) is 6. The Morgan fingerprint density at radius 2 is 1.93 bits per heavy atom. The Hall–Kier alpha value is -2.22. The van der Waals surface area contributed by atoms with Gasteiger partial charge in [-0.2, -0.15) is 0 Å². The zero-order valence-electron chi connectivity index (χ0n) is 17.4. The van der Waals surface area contributed by atoms with Gasteiger partial charge in [0.1, 0.15) is 0 Å². The molecule has 160 valence electrons. The number of benzene rings is 2. The van der Waals surface area contributed by atoms with Crippen LogP contribution in [0, 0.1) is 0 Å². The molecule has 4 rings (SSSR count). The van der Waals surface area contributed by atoms with Crippen LogP contribution < -0.4 is 14.8 Å². The maximum absolute atomic E-state index is 12.9. The number of thioether (sulfide) groups is 1. The minimum absolute atomic E-state index is 0.0476. The molecular formula is C23H28N2O4S. The van der Waals surface area contributed by atoms with Crippen LogP contribution in [-0.4, -0.2) is 63.1 Å². The fourth-order valence-electron chi connectivity index (χ4n) is 4.05. The van der Waals surface area contributed by atoms with E-state index in [9.17, 15) is 4.79 Å². The van der Waals surface area contributed by atoms with E-state index in [1.54, 1.807) is 26.0 Å². The monoisotopic (exact) mass is 428 g/mol. The second-order valence-electron chi connectivity index (χ2n) is 7.44. The third-order valence-electron chi connectivity index (χ3n) is 5.69. The number of carbonyl (C=O) groups excluding carboxylic acids is 1. The van der Waals surface area contributed by atoms with E-state index >= 15 is 0 Å². The van der Waals surface area contributed by atoms with Crippen LogP contribution in [0.25, 0.3) is 0 Å². The first-order valence-corrected chi connectivity index (χ1v) is 11.1. The number of nitrogens with one attached hydrogen (secondary N) is 1. The number of methoxy groups -OCH3 is 2. The fraction of sp³-hybridized carbons (Fsp3) is 0.435. The minimum Gasteiger partial charge on any atom is -0.493 e. The Morgan fingerprint density at radius 3 is 2.67 bits per heavy atom. The quantitative estimate of drug-likeness (QED) is 0.732. The van der Waals surface area contributed by atoms with Crippen molar-refractivity contribution in [2.45, 2.75) is 22.6 Å². The predicted octanol–water partition coefficient (Wildman–Crippen LogP) is 2.91. The van der Waals surface area contributed by atoms with Gasteiger partial charge in [0.2, 0.25) is 5.91 Å². The lowest BCUT2D eigenvalue weighted by Gasteiger charge is -2.35. The van der Waals surface area contributed by atoms with E-state index in [1.165, 1.54) is 10.5 Å². The predicted molar refractivity (Wildman–Crippen MR) is 117 cm³/mol. The molecule has 2 atom stereocenters. The summed E-state index contributed by atoms with van der Waals surface area (Å²) in [6.45, 7) is 3.61. The lowest BCUT2D eigenvalue weighted by atomic mass is 10.0. The number of hydrogen-bond donors (Lipinski definition) is 1. The van der Waals surface area contributed by atoms with Gasteiger partial charge in [0.05, 0.1) is 38.7 Å². The molecule has 6 nitrogen and oxygen atoms in total. The summed E-state index contributed by atoms with van der Waals surface area (Å²) in [5.74, 6) is 1.49. The summed E-state index contributed by atoms with van der Waals surface area (Å²) < 4.78 is 16.4. The molecular weight excluding hydrogens is 400 g/mol. The molecule has 2 aromatic carbocycles. The van der Waals surface area contributed by atoms with Gasteiger partial charge in [0.15, 0.2) is 11.5 Å². The third-order valence-corrected chi connectivity index (χ3v) is 7.01. The Balaban J connectivity index is 1.47. The second-order valence-corrected chi connectivity index (χ2v) is 8.69. The average Bonchev–Trinajstić information content (AvgIpc) is 3.24. The zero-order chi connectivity index (χ0) is 20.9. The van der Waals surface area contributed by atoms with Crippen LogP contribution in [0.4, 0.5) is 0 Å². The molecule has 2 aromatic rings. The van der Waals surface area contributed by atoms with Crippen molar-refractivity contribution in [3.63, 3.8) is 0 Å². The highest BCUT2D eigenvalue weighted by Gasteiger charge is 2.30. The van der Waals surface area contributed by atoms with Crippen LogP contribution in [-0.2, 0) is 16.0 Å². The van der Waals surface area contributed by atoms with Crippen molar-refractivity contribution in [3.8, 4) is 11.5 Å². The van der Waals surface area contributed by atoms with Crippen molar-refractivity contribution >= 4 is 17.7 Å². The summed E-state index contributed by atoms with van der Waals surface area (Å²) >= 11 is 1.66. The van der Waals surface area contributed by atoms with E-state index in [0.29, 0.717) is 31.3 Å². The molecule has 2 heterocycles. The maximum Gasteiger partial charge on any atom is 0.233 e. The van der Waals surface area contributed by atoms with E-state index in [4.69, 9.17) is 14.2 Å². The van der Waals surface area contributed by atoms with Crippen molar-refractivity contribution in [3.05, 3.63) is 53.6 Å². The third kappa shape index (κ3) is 4.58. The molecule has 2 aliphatic rings. The first-order chi connectivity index (χ1) is 14.7. The summed E-state index contributed by atoms with van der Waals surface area (Å²) in [5, 5.41) is 3.14. The Morgan fingerprint density at radius 1 is 1.17 bits per heavy atom. The Labute approximate surface area is 181 Å². The number of carbonyl (C=O) groups is 1. The fourth-order valence-corrected chi connectivity index (χ4v) is 5.27. The molecule has 1 saturated heterocycles. The van der Waals surface area contributed by atoms with E-state index < -0.39 is 0 Å². The van der Waals surface area contributed by atoms with Crippen LogP contribution in [0.5, 0.6) is 11.5 Å². The van der Waals surface area contributed by atoms with Gasteiger partial charge >= 0.3 is 0 Å². The summed E-state index contributed by atoms with van der Waals surface area (Å²) in [7, 11) is 3.27. The molecule has 1 fully saturated rings. The van der Waals surface area contributed by atoms with Crippen molar-refractivity contribution in [1.29, 1.82) is 0 Å². The van der Waals surface area contributed by atoms with Crippen LogP contribution >= 0.6 is 11.8 Å². The van der Waals surface area contributed by atoms with Crippen LogP contribution in [0.2, 0.25) is 0 Å². The summed E-state index contributed by atoms with van der Waals surface area (Å²) in [4.78, 5) is 16.5. The summed E-state index contributed by atoms with van der Waals surface area (Å²) in [5.41, 5.74) is 2.35. The molecule has 1 N–H and O–H groups in total. The Bertz CT molecular complexity index is 860. The van der Waals surface area contributed by atoms with Gasteiger partial charge in [0.25, 0.3) is 0 Å². The smallest absolute Gasteiger partial charge is 0.233 e. The molecule has 2 unspecified atom stereocenters. The SMILES string of the molecule is COc1ccc(C(CNC(=O)C2Cc3ccccc3S2)N2CCOCC2)cc1OC. The number of rotatable bonds is 7. The van der Waals surface area contributed by atoms with E-state index in [1.807, 2.05) is 30.3 Å². The highest BCUT2D eigenvalue weighted by atomic mass is 32.2. The summed E-state index contributed by atoms with van der Waals surface area (Å²) in [6.07, 6.45) is 0.783. The lowest BCUT2D eigenvalue weighted by Crippen LogP contribution is -2.45. The van der Waals surface area contributed by atoms with Gasteiger partial charge < -0.3 is 19.5 Å². The normalized spacial score (nSPS) is 19.7. The lowest BCUT2D eigenvalue weighted by molar-refractivity contribution is -0.120. The van der Waals surface area contributed by atoms with Crippen molar-refractivity contribution in [2.24, 2.45) is 0 Å². The second kappa shape index (κ2) is 9.73.